The van der Waals surface area contributed by atoms with Crippen molar-refractivity contribution in [1.29, 1.82) is 5.41 Å². The van der Waals surface area contributed by atoms with Crippen LogP contribution in [0.25, 0.3) is 0 Å². The molecule has 1 heterocycles. The van der Waals surface area contributed by atoms with Crippen molar-refractivity contribution in [2.45, 2.75) is 13.8 Å². The number of aliphatic imine (C=N–C) groups is 1. The number of anilines is 4. The van der Waals surface area contributed by atoms with Gasteiger partial charge in [0.05, 0.1) is 31.3 Å². The highest BCUT2D eigenvalue weighted by Crippen LogP contribution is 2.44. The molecule has 3 rings (SSSR count). The first kappa shape index (κ1) is 34.2. The standard InChI is InChI=1S/C30H38Cl2N8O4/c1-7-26(41)36-21-16-19(40-14-12-39(9-3)13-15-40)10-11-20(21)35-24(33)18-25(34-8-2)38(4)30(42)37-29-27(31)22(43-5)17-23(44-6)28(29)32/h7-8,10-11,16-18H,1,9,12-15H2,2-6H3,(H2,33,35)(H,36,41)(H,37,42)/b25-18+,34-8-. The number of ether oxygens (including phenoxy) is 2. The first-order valence-corrected chi connectivity index (χ1v) is 14.6. The van der Waals surface area contributed by atoms with Gasteiger partial charge >= 0.3 is 6.03 Å². The van der Waals surface area contributed by atoms with Gasteiger partial charge in [-0.25, -0.2) is 9.79 Å². The monoisotopic (exact) mass is 644 g/mol. The predicted molar refractivity (Wildman–Crippen MR) is 180 cm³/mol. The van der Waals surface area contributed by atoms with Crippen molar-refractivity contribution in [2.75, 3.05) is 74.8 Å². The number of benzene rings is 2. The minimum absolute atomic E-state index is 0.0868. The lowest BCUT2D eigenvalue weighted by molar-refractivity contribution is -0.111. The minimum atomic E-state index is -0.639. The van der Waals surface area contributed by atoms with Crippen LogP contribution in [0, 0.1) is 5.41 Å². The predicted octanol–water partition coefficient (Wildman–Crippen LogP) is 5.76. The Balaban J connectivity index is 1.85. The summed E-state index contributed by atoms with van der Waals surface area (Å²) in [6.07, 6.45) is 4.03. The molecule has 0 bridgehead atoms. The van der Waals surface area contributed by atoms with Crippen molar-refractivity contribution in [3.8, 4) is 11.5 Å². The van der Waals surface area contributed by atoms with Gasteiger partial charge in [0.2, 0.25) is 5.91 Å². The number of carbonyl (C=O) groups is 2. The van der Waals surface area contributed by atoms with Crippen LogP contribution in [-0.4, -0.2) is 87.8 Å². The summed E-state index contributed by atoms with van der Waals surface area (Å²) < 4.78 is 10.5. The van der Waals surface area contributed by atoms with Crippen molar-refractivity contribution < 1.29 is 19.1 Å². The summed E-state index contributed by atoms with van der Waals surface area (Å²) in [4.78, 5) is 35.6. The molecule has 1 aliphatic heterocycles. The number of urea groups is 1. The maximum atomic E-state index is 13.3. The Morgan fingerprint density at radius 1 is 1.05 bits per heavy atom. The highest BCUT2D eigenvalue weighted by molar-refractivity contribution is 6.41. The fraction of sp³-hybridized carbons (Fsp3) is 0.333. The van der Waals surface area contributed by atoms with Crippen LogP contribution in [-0.2, 0) is 4.79 Å². The van der Waals surface area contributed by atoms with Gasteiger partial charge in [-0.15, -0.1) is 0 Å². The number of carbonyl (C=O) groups excluding carboxylic acids is 2. The Kier molecular flexibility index (Phi) is 12.4. The van der Waals surface area contributed by atoms with Crippen LogP contribution < -0.4 is 30.3 Å². The first-order chi connectivity index (χ1) is 21.1. The quantitative estimate of drug-likeness (QED) is 0.139. The zero-order chi connectivity index (χ0) is 32.4. The Bertz CT molecular complexity index is 1430. The van der Waals surface area contributed by atoms with E-state index in [9.17, 15) is 9.59 Å². The molecular weight excluding hydrogens is 607 g/mol. The average molecular weight is 646 g/mol. The molecule has 14 heteroatoms. The van der Waals surface area contributed by atoms with Crippen LogP contribution in [0.5, 0.6) is 11.5 Å². The number of methoxy groups -OCH3 is 2. The third-order valence-corrected chi connectivity index (χ3v) is 7.64. The van der Waals surface area contributed by atoms with Gasteiger partial charge in [0.1, 0.15) is 33.2 Å². The normalized spacial score (nSPS) is 13.8. The van der Waals surface area contributed by atoms with Crippen LogP contribution in [0.1, 0.15) is 13.8 Å². The summed E-state index contributed by atoms with van der Waals surface area (Å²) >= 11 is 12.8. The molecule has 2 aromatic rings. The van der Waals surface area contributed by atoms with E-state index in [2.05, 4.69) is 44.2 Å². The Morgan fingerprint density at radius 2 is 1.68 bits per heavy atom. The third kappa shape index (κ3) is 8.43. The lowest BCUT2D eigenvalue weighted by Crippen LogP contribution is -2.46. The Morgan fingerprint density at radius 3 is 2.23 bits per heavy atom. The van der Waals surface area contributed by atoms with E-state index < -0.39 is 6.03 Å². The van der Waals surface area contributed by atoms with Gasteiger partial charge in [-0.05, 0) is 37.7 Å². The molecule has 0 radical (unpaired) electrons. The number of rotatable bonds is 11. The molecule has 0 atom stereocenters. The molecule has 4 N–H and O–H groups in total. The molecule has 0 saturated carbocycles. The van der Waals surface area contributed by atoms with Crippen LogP contribution in [0.15, 0.2) is 53.8 Å². The van der Waals surface area contributed by atoms with Crippen molar-refractivity contribution >= 4 is 69.9 Å². The second-order valence-electron chi connectivity index (χ2n) is 9.55. The van der Waals surface area contributed by atoms with Crippen LogP contribution in [0.3, 0.4) is 0 Å². The van der Waals surface area contributed by atoms with E-state index in [0.29, 0.717) is 11.4 Å². The van der Waals surface area contributed by atoms with Crippen molar-refractivity contribution in [2.24, 2.45) is 4.99 Å². The van der Waals surface area contributed by atoms with E-state index in [-0.39, 0.29) is 44.8 Å². The summed E-state index contributed by atoms with van der Waals surface area (Å²) in [6.45, 7) is 12.0. The zero-order valence-electron chi connectivity index (χ0n) is 25.5. The van der Waals surface area contributed by atoms with Gasteiger partial charge in [0.15, 0.2) is 0 Å². The molecule has 1 fully saturated rings. The van der Waals surface area contributed by atoms with Crippen LogP contribution >= 0.6 is 23.2 Å². The lowest BCUT2D eigenvalue weighted by Gasteiger charge is -2.35. The Hall–Kier alpha value is -4.26. The van der Waals surface area contributed by atoms with Gasteiger partial charge in [0, 0.05) is 57.3 Å². The van der Waals surface area contributed by atoms with Gasteiger partial charge in [-0.2, -0.15) is 0 Å². The second kappa shape index (κ2) is 16.0. The van der Waals surface area contributed by atoms with E-state index in [1.807, 2.05) is 12.1 Å². The van der Waals surface area contributed by atoms with E-state index >= 15 is 0 Å². The second-order valence-corrected chi connectivity index (χ2v) is 10.3. The summed E-state index contributed by atoms with van der Waals surface area (Å²) in [6, 6.07) is 6.46. The molecule has 2 aromatic carbocycles. The molecule has 0 spiro atoms. The topological polar surface area (TPSA) is 135 Å². The fourth-order valence-corrected chi connectivity index (χ4v) is 5.00. The molecule has 3 amide bonds. The van der Waals surface area contributed by atoms with E-state index in [1.54, 1.807) is 13.0 Å². The van der Waals surface area contributed by atoms with E-state index in [1.165, 1.54) is 50.6 Å². The molecular formula is C30H38Cl2N8O4. The number of amidine groups is 1. The number of halogens is 2. The van der Waals surface area contributed by atoms with E-state index in [0.717, 1.165) is 38.4 Å². The number of hydrogen-bond donors (Lipinski definition) is 4. The molecule has 1 saturated heterocycles. The van der Waals surface area contributed by atoms with Crippen LogP contribution in [0.4, 0.5) is 27.5 Å². The highest BCUT2D eigenvalue weighted by Gasteiger charge is 2.22. The highest BCUT2D eigenvalue weighted by atomic mass is 35.5. The summed E-state index contributed by atoms with van der Waals surface area (Å²) in [7, 11) is 4.33. The largest absolute Gasteiger partial charge is 0.495 e. The molecule has 12 nitrogen and oxygen atoms in total. The smallest absolute Gasteiger partial charge is 0.327 e. The van der Waals surface area contributed by atoms with Gasteiger partial charge in [0.25, 0.3) is 0 Å². The number of nitrogens with one attached hydrogen (secondary N) is 4. The molecule has 0 unspecified atom stereocenters. The maximum absolute atomic E-state index is 13.3. The number of nitrogens with zero attached hydrogens (tertiary/aromatic N) is 4. The molecule has 0 aromatic heterocycles. The SMILES string of the molecule is C=CC(=O)Nc1cc(N2CCN(CC)CC2)ccc1NC(=N)/C=C(\N=C/C)N(C)C(=O)Nc1c(Cl)c(OC)cc(OC)c1Cl. The Labute approximate surface area is 267 Å². The van der Waals surface area contributed by atoms with E-state index in [4.69, 9.17) is 38.1 Å². The number of hydrogen-bond acceptors (Lipinski definition) is 8. The lowest BCUT2D eigenvalue weighted by atomic mass is 10.2. The van der Waals surface area contributed by atoms with Crippen molar-refractivity contribution in [1.82, 2.24) is 9.80 Å². The van der Waals surface area contributed by atoms with Gasteiger partial charge in [-0.3, -0.25) is 15.1 Å². The summed E-state index contributed by atoms with van der Waals surface area (Å²) in [5, 5.41) is 17.3. The van der Waals surface area contributed by atoms with Crippen LogP contribution in [0.2, 0.25) is 10.0 Å². The molecule has 1 aliphatic rings. The minimum Gasteiger partial charge on any atom is -0.495 e. The van der Waals surface area contributed by atoms with Gasteiger partial charge < -0.3 is 35.2 Å². The number of likely N-dealkylation sites (N-methyl/N-ethyl adjacent to an activating group) is 1. The molecule has 236 valence electrons. The summed E-state index contributed by atoms with van der Waals surface area (Å²) in [5.74, 6) is 0.164. The fourth-order valence-electron chi connectivity index (χ4n) is 4.40. The first-order valence-electron chi connectivity index (χ1n) is 13.8. The number of amides is 3. The third-order valence-electron chi connectivity index (χ3n) is 6.89. The number of piperazine rings is 1. The zero-order valence-corrected chi connectivity index (χ0v) is 27.0. The van der Waals surface area contributed by atoms with Gasteiger partial charge in [-0.1, -0.05) is 36.7 Å². The molecule has 0 aliphatic carbocycles. The summed E-state index contributed by atoms with van der Waals surface area (Å²) in [5.41, 5.74) is 2.00. The molecule has 44 heavy (non-hydrogen) atoms. The van der Waals surface area contributed by atoms with Crippen molar-refractivity contribution in [3.05, 3.63) is 58.9 Å². The van der Waals surface area contributed by atoms with Crippen molar-refractivity contribution in [3.63, 3.8) is 0 Å². The maximum Gasteiger partial charge on any atom is 0.327 e. The average Bonchev–Trinajstić information content (AvgIpc) is 3.03.